The molecule has 1 aliphatic rings. The number of aromatic nitrogens is 2. The highest BCUT2D eigenvalue weighted by atomic mass is 32.2. The largest absolute Gasteiger partial charge is 0.383 e. The van der Waals surface area contributed by atoms with Crippen molar-refractivity contribution >= 4 is 50.9 Å². The number of benzene rings is 1. The summed E-state index contributed by atoms with van der Waals surface area (Å²) in [6, 6.07) is 6.89. The molecule has 2 amide bonds. The number of carbonyl (C=O) groups excluding carboxylic acids is 2. The van der Waals surface area contributed by atoms with Crippen LogP contribution in [0.5, 0.6) is 0 Å². The van der Waals surface area contributed by atoms with Crippen LogP contribution in [0.4, 0.5) is 5.82 Å². The van der Waals surface area contributed by atoms with Gasteiger partial charge in [0, 0.05) is 17.2 Å². The number of nitrogens with two attached hydrogens (primary N) is 1. The third-order valence-corrected chi connectivity index (χ3v) is 6.39. The van der Waals surface area contributed by atoms with Gasteiger partial charge in [-0.25, -0.2) is 9.97 Å². The number of thiophene rings is 1. The summed E-state index contributed by atoms with van der Waals surface area (Å²) >= 11 is 2.99. The SMILES string of the molecule is Cc1sc2nc(SCCN3C(=O)c4ccccc4C3=O)nc(N)c2c1C. The van der Waals surface area contributed by atoms with E-state index in [0.717, 1.165) is 15.8 Å². The van der Waals surface area contributed by atoms with Crippen molar-refractivity contribution in [3.05, 3.63) is 45.8 Å². The molecular weight excluding hydrogens is 368 g/mol. The Bertz CT molecular complexity index is 1030. The normalized spacial score (nSPS) is 13.7. The van der Waals surface area contributed by atoms with Crippen molar-refractivity contribution in [2.45, 2.75) is 19.0 Å². The fourth-order valence-electron chi connectivity index (χ4n) is 3.00. The zero-order valence-corrected chi connectivity index (χ0v) is 15.9. The van der Waals surface area contributed by atoms with Crippen LogP contribution in [0, 0.1) is 13.8 Å². The van der Waals surface area contributed by atoms with Crippen LogP contribution < -0.4 is 5.73 Å². The Morgan fingerprint density at radius 3 is 2.42 bits per heavy atom. The third kappa shape index (κ3) is 2.65. The lowest BCUT2D eigenvalue weighted by Gasteiger charge is -2.12. The van der Waals surface area contributed by atoms with Gasteiger partial charge in [-0.1, -0.05) is 23.9 Å². The summed E-state index contributed by atoms with van der Waals surface area (Å²) in [6.45, 7) is 4.36. The smallest absolute Gasteiger partial charge is 0.261 e. The van der Waals surface area contributed by atoms with Gasteiger partial charge in [-0.15, -0.1) is 11.3 Å². The van der Waals surface area contributed by atoms with E-state index in [1.165, 1.54) is 21.5 Å². The first kappa shape index (κ1) is 17.0. The van der Waals surface area contributed by atoms with E-state index in [9.17, 15) is 9.59 Å². The van der Waals surface area contributed by atoms with Crippen LogP contribution in [0.15, 0.2) is 29.4 Å². The number of imide groups is 1. The summed E-state index contributed by atoms with van der Waals surface area (Å²) in [5.74, 6) is 0.498. The molecular formula is C18H16N4O2S2. The molecule has 0 atom stereocenters. The number of anilines is 1. The van der Waals surface area contributed by atoms with Crippen LogP contribution >= 0.6 is 23.1 Å². The van der Waals surface area contributed by atoms with Crippen molar-refractivity contribution in [2.75, 3.05) is 18.0 Å². The van der Waals surface area contributed by atoms with Crippen molar-refractivity contribution in [3.8, 4) is 0 Å². The topological polar surface area (TPSA) is 89.2 Å². The zero-order valence-electron chi connectivity index (χ0n) is 14.3. The van der Waals surface area contributed by atoms with E-state index in [1.54, 1.807) is 35.6 Å². The summed E-state index contributed by atoms with van der Waals surface area (Å²) in [4.78, 5) is 37.0. The Morgan fingerprint density at radius 2 is 1.77 bits per heavy atom. The second-order valence-electron chi connectivity index (χ2n) is 6.01. The highest BCUT2D eigenvalue weighted by molar-refractivity contribution is 7.99. The molecule has 0 bridgehead atoms. The lowest BCUT2D eigenvalue weighted by atomic mass is 10.1. The van der Waals surface area contributed by atoms with Crippen LogP contribution in [0.1, 0.15) is 31.2 Å². The maximum atomic E-state index is 12.4. The molecule has 0 saturated carbocycles. The van der Waals surface area contributed by atoms with E-state index < -0.39 is 0 Å². The fraction of sp³-hybridized carbons (Fsp3) is 0.222. The average molecular weight is 384 g/mol. The van der Waals surface area contributed by atoms with Crippen molar-refractivity contribution < 1.29 is 9.59 Å². The number of thioether (sulfide) groups is 1. The molecule has 1 aromatic carbocycles. The standard InChI is InChI=1S/C18H16N4O2S2/c1-9-10(2)26-15-13(9)14(19)20-18(21-15)25-8-7-22-16(23)11-5-3-4-6-12(11)17(22)24/h3-6H,7-8H2,1-2H3,(H2,19,20,21). The molecule has 2 aromatic heterocycles. The highest BCUT2D eigenvalue weighted by Gasteiger charge is 2.34. The molecule has 6 nitrogen and oxygen atoms in total. The maximum Gasteiger partial charge on any atom is 0.261 e. The van der Waals surface area contributed by atoms with E-state index in [0.29, 0.717) is 34.4 Å². The van der Waals surface area contributed by atoms with Crippen LogP contribution in [-0.2, 0) is 0 Å². The molecule has 0 unspecified atom stereocenters. The molecule has 0 spiro atoms. The molecule has 3 aromatic rings. The number of fused-ring (bicyclic) bond motifs is 2. The van der Waals surface area contributed by atoms with Gasteiger partial charge in [0.1, 0.15) is 10.6 Å². The van der Waals surface area contributed by atoms with Crippen molar-refractivity contribution in [2.24, 2.45) is 0 Å². The van der Waals surface area contributed by atoms with E-state index in [4.69, 9.17) is 5.73 Å². The summed E-state index contributed by atoms with van der Waals surface area (Å²) in [5, 5.41) is 1.48. The summed E-state index contributed by atoms with van der Waals surface area (Å²) in [7, 11) is 0. The second-order valence-corrected chi connectivity index (χ2v) is 8.28. The molecule has 0 saturated heterocycles. The Kier molecular flexibility index (Phi) is 4.16. The molecule has 0 aliphatic carbocycles. The number of aryl methyl sites for hydroxylation is 2. The molecule has 0 fully saturated rings. The van der Waals surface area contributed by atoms with Gasteiger partial charge in [0.05, 0.1) is 16.5 Å². The first-order valence-corrected chi connectivity index (χ1v) is 9.89. The third-order valence-electron chi connectivity index (χ3n) is 4.46. The summed E-state index contributed by atoms with van der Waals surface area (Å²) in [6.07, 6.45) is 0. The molecule has 3 heterocycles. The molecule has 2 N–H and O–H groups in total. The second kappa shape index (κ2) is 6.37. The average Bonchev–Trinajstić information content (AvgIpc) is 3.04. The monoisotopic (exact) mass is 384 g/mol. The van der Waals surface area contributed by atoms with Gasteiger partial charge in [-0.2, -0.15) is 0 Å². The highest BCUT2D eigenvalue weighted by Crippen LogP contribution is 2.33. The van der Waals surface area contributed by atoms with E-state index >= 15 is 0 Å². The first-order chi connectivity index (χ1) is 12.5. The van der Waals surface area contributed by atoms with E-state index in [-0.39, 0.29) is 11.8 Å². The molecule has 26 heavy (non-hydrogen) atoms. The van der Waals surface area contributed by atoms with Crippen LogP contribution in [0.3, 0.4) is 0 Å². The number of nitrogen functional groups attached to an aromatic ring is 1. The van der Waals surface area contributed by atoms with Gasteiger partial charge < -0.3 is 5.73 Å². The lowest BCUT2D eigenvalue weighted by Crippen LogP contribution is -2.31. The fourth-order valence-corrected chi connectivity index (χ4v) is 4.87. The van der Waals surface area contributed by atoms with Gasteiger partial charge in [0.2, 0.25) is 0 Å². The number of carbonyl (C=O) groups is 2. The zero-order chi connectivity index (χ0) is 18.4. The molecule has 4 rings (SSSR count). The maximum absolute atomic E-state index is 12.4. The molecule has 0 radical (unpaired) electrons. The Balaban J connectivity index is 1.48. The van der Waals surface area contributed by atoms with Gasteiger partial charge in [-0.05, 0) is 31.5 Å². The Morgan fingerprint density at radius 1 is 1.12 bits per heavy atom. The quantitative estimate of drug-likeness (QED) is 0.422. The van der Waals surface area contributed by atoms with Crippen LogP contribution in [-0.4, -0.2) is 39.0 Å². The predicted molar refractivity (Wildman–Crippen MR) is 104 cm³/mol. The summed E-state index contributed by atoms with van der Waals surface area (Å²) < 4.78 is 0. The lowest BCUT2D eigenvalue weighted by molar-refractivity contribution is 0.0664. The molecule has 8 heteroatoms. The Hall–Kier alpha value is -2.45. The number of amides is 2. The van der Waals surface area contributed by atoms with Crippen LogP contribution in [0.2, 0.25) is 0 Å². The summed E-state index contributed by atoms with van der Waals surface area (Å²) in [5.41, 5.74) is 8.14. The van der Waals surface area contributed by atoms with Gasteiger partial charge in [0.25, 0.3) is 11.8 Å². The minimum Gasteiger partial charge on any atom is -0.383 e. The van der Waals surface area contributed by atoms with E-state index in [2.05, 4.69) is 9.97 Å². The van der Waals surface area contributed by atoms with Crippen LogP contribution in [0.25, 0.3) is 10.2 Å². The van der Waals surface area contributed by atoms with Crippen molar-refractivity contribution in [1.29, 1.82) is 0 Å². The minimum absolute atomic E-state index is 0.244. The van der Waals surface area contributed by atoms with Gasteiger partial charge in [-0.3, -0.25) is 14.5 Å². The van der Waals surface area contributed by atoms with E-state index in [1.807, 2.05) is 13.8 Å². The Labute approximate surface area is 158 Å². The number of hydrogen-bond donors (Lipinski definition) is 1. The first-order valence-electron chi connectivity index (χ1n) is 8.08. The molecule has 132 valence electrons. The number of hydrogen-bond acceptors (Lipinski definition) is 7. The number of rotatable bonds is 4. The minimum atomic E-state index is -0.244. The van der Waals surface area contributed by atoms with Crippen molar-refractivity contribution in [1.82, 2.24) is 14.9 Å². The number of nitrogens with zero attached hydrogens (tertiary/aromatic N) is 3. The van der Waals surface area contributed by atoms with Gasteiger partial charge in [0.15, 0.2) is 5.16 Å². The van der Waals surface area contributed by atoms with Gasteiger partial charge >= 0.3 is 0 Å². The predicted octanol–water partition coefficient (Wildman–Crippen LogP) is 3.28. The molecule has 1 aliphatic heterocycles. The van der Waals surface area contributed by atoms with Crippen molar-refractivity contribution in [3.63, 3.8) is 0 Å².